The fourth-order valence-corrected chi connectivity index (χ4v) is 10.3. The molecule has 2 rings (SSSR count). The first kappa shape index (κ1) is 89.7. The monoisotopic (exact) mass is 1390 g/mol. The van der Waals surface area contributed by atoms with Gasteiger partial charge in [-0.2, -0.15) is 23.5 Å². The molecule has 0 aliphatic carbocycles. The Labute approximate surface area is 565 Å². The zero-order chi connectivity index (χ0) is 69.0. The molecule has 27 nitrogen and oxygen atoms in total. The number of carbonyl (C=O) groups is 2. The Balaban J connectivity index is 0.00000108. The average molecular weight is 1390 g/mol. The molecule has 0 radical (unpaired) electrons. The molecular formula is C64H126N2O25S2. The van der Waals surface area contributed by atoms with E-state index in [9.17, 15) is 35.1 Å². The van der Waals surface area contributed by atoms with E-state index < -0.39 is 60.4 Å². The number of thioether (sulfide) groups is 2. The van der Waals surface area contributed by atoms with Crippen LogP contribution < -0.4 is 0 Å². The molecule has 0 spiro atoms. The topological polar surface area (TPSA) is 308 Å². The highest BCUT2D eigenvalue weighted by molar-refractivity contribution is 8.00. The van der Waals surface area contributed by atoms with E-state index >= 15 is 0 Å². The van der Waals surface area contributed by atoms with Gasteiger partial charge in [0.2, 0.25) is 11.6 Å². The van der Waals surface area contributed by atoms with E-state index in [0.29, 0.717) is 145 Å². The van der Waals surface area contributed by atoms with E-state index in [1.165, 1.54) is 9.80 Å². The number of hydrogen-bond donors (Lipinski definition) is 5. The molecule has 0 bridgehead atoms. The van der Waals surface area contributed by atoms with Crippen LogP contribution in [0.15, 0.2) is 0 Å². The van der Waals surface area contributed by atoms with Gasteiger partial charge in [0, 0.05) is 59.5 Å². The minimum Gasteiger partial charge on any atom is -0.391 e. The lowest BCUT2D eigenvalue weighted by atomic mass is 10.1. The second-order valence-electron chi connectivity index (χ2n) is 23.3. The maximum Gasteiger partial charge on any atom is 0.282 e. The van der Waals surface area contributed by atoms with E-state index in [1.807, 2.05) is 51.2 Å². The maximum absolute atomic E-state index is 12.3. The van der Waals surface area contributed by atoms with Crippen molar-refractivity contribution in [3.8, 4) is 0 Å². The van der Waals surface area contributed by atoms with Gasteiger partial charge in [0.05, 0.1) is 189 Å². The summed E-state index contributed by atoms with van der Waals surface area (Å²) in [6.45, 7) is 24.1. The van der Waals surface area contributed by atoms with Crippen LogP contribution in [0.2, 0.25) is 0 Å². The quantitative estimate of drug-likeness (QED) is 0.0546. The lowest BCUT2D eigenvalue weighted by Gasteiger charge is -2.37. The highest BCUT2D eigenvalue weighted by Gasteiger charge is 2.43. The first-order valence-electron chi connectivity index (χ1n) is 33.5. The fraction of sp³-hybridized carbons (Fsp3) is 0.969. The largest absolute Gasteiger partial charge is 0.391 e. The molecule has 2 aliphatic rings. The van der Waals surface area contributed by atoms with Crippen LogP contribution in [0.5, 0.6) is 0 Å². The summed E-state index contributed by atoms with van der Waals surface area (Å²) >= 11 is 3.67. The molecule has 0 aromatic carbocycles. The fourth-order valence-electron chi connectivity index (χ4n) is 8.22. The molecule has 0 saturated carbocycles. The van der Waals surface area contributed by atoms with Crippen molar-refractivity contribution in [1.82, 2.24) is 9.80 Å². The minimum absolute atomic E-state index is 0.0141. The zero-order valence-corrected chi connectivity index (χ0v) is 60.3. The third-order valence-electron chi connectivity index (χ3n) is 14.1. The lowest BCUT2D eigenvalue weighted by Crippen LogP contribution is -2.54. The summed E-state index contributed by atoms with van der Waals surface area (Å²) in [7, 11) is 6.72. The van der Waals surface area contributed by atoms with Gasteiger partial charge in [0.25, 0.3) is 11.8 Å². The van der Waals surface area contributed by atoms with Gasteiger partial charge in [-0.1, -0.05) is 34.6 Å². The number of aliphatic hydroxyl groups excluding tert-OH is 5. The molecule has 554 valence electrons. The summed E-state index contributed by atoms with van der Waals surface area (Å²) in [5, 5.41) is 49.6. The highest BCUT2D eigenvalue weighted by Crippen LogP contribution is 2.24. The van der Waals surface area contributed by atoms with E-state index in [-0.39, 0.29) is 76.4 Å². The number of nitrogens with zero attached hydrogens (tertiary/aromatic N) is 2. The predicted octanol–water partition coefficient (Wildman–Crippen LogP) is 3.24. The molecule has 2 saturated heterocycles. The van der Waals surface area contributed by atoms with Crippen molar-refractivity contribution in [2.75, 3.05) is 223 Å². The third-order valence-corrected chi connectivity index (χ3v) is 16.4. The van der Waals surface area contributed by atoms with Gasteiger partial charge in [0.1, 0.15) is 30.5 Å². The van der Waals surface area contributed by atoms with Crippen LogP contribution in [0.4, 0.5) is 0 Å². The van der Waals surface area contributed by atoms with Gasteiger partial charge >= 0.3 is 0 Å². The first-order valence-corrected chi connectivity index (χ1v) is 35.9. The Morgan fingerprint density at radius 1 is 0.441 bits per heavy atom. The molecule has 0 aromatic heterocycles. The van der Waals surface area contributed by atoms with Gasteiger partial charge in [-0.3, -0.25) is 9.59 Å². The Morgan fingerprint density at radius 3 is 1.12 bits per heavy atom. The van der Waals surface area contributed by atoms with Crippen LogP contribution >= 0.6 is 23.5 Å². The molecule has 0 aromatic rings. The van der Waals surface area contributed by atoms with Crippen LogP contribution in [0.1, 0.15) is 100 Å². The SMILES string of the molecule is CCC(O)COCC(OCC(C)O)C(OCC(O)CC)C(COCC(O)CC)OCC(O)CC.CCCOCCOCCOCCOCCOCCOCCOC(CSCCCOC1COC(C)(C(=O)N(C)C)OC1)CSCCCOC1COC(C)(C(=O)N(C)C)OC1. The van der Waals surface area contributed by atoms with Crippen molar-refractivity contribution in [1.29, 1.82) is 0 Å². The van der Waals surface area contributed by atoms with Crippen molar-refractivity contribution < 1.29 is 120 Å². The first-order chi connectivity index (χ1) is 44.7. The van der Waals surface area contributed by atoms with Crippen molar-refractivity contribution in [3.63, 3.8) is 0 Å². The van der Waals surface area contributed by atoms with Crippen molar-refractivity contribution in [3.05, 3.63) is 0 Å². The van der Waals surface area contributed by atoms with Gasteiger partial charge < -0.3 is 121 Å². The Kier molecular flexibility index (Phi) is 55.5. The van der Waals surface area contributed by atoms with E-state index in [4.69, 9.17) is 85.3 Å². The number of rotatable bonds is 60. The van der Waals surface area contributed by atoms with Crippen LogP contribution in [0, 0.1) is 0 Å². The zero-order valence-electron chi connectivity index (χ0n) is 58.6. The third kappa shape index (κ3) is 45.2. The molecule has 2 fully saturated rings. The summed E-state index contributed by atoms with van der Waals surface area (Å²) in [4.78, 5) is 27.6. The Hall–Kier alpha value is -1.28. The Morgan fingerprint density at radius 2 is 0.774 bits per heavy atom. The van der Waals surface area contributed by atoms with E-state index in [0.717, 1.165) is 48.9 Å². The van der Waals surface area contributed by atoms with Gasteiger partial charge in [-0.25, -0.2) is 0 Å². The van der Waals surface area contributed by atoms with Crippen molar-refractivity contribution >= 4 is 35.3 Å². The summed E-state index contributed by atoms with van der Waals surface area (Å²) in [6, 6.07) is 0. The van der Waals surface area contributed by atoms with E-state index in [2.05, 4.69) is 6.92 Å². The minimum atomic E-state index is -1.26. The molecule has 2 aliphatic heterocycles. The second kappa shape index (κ2) is 57.5. The normalized spacial score (nSPS) is 21.4. The van der Waals surface area contributed by atoms with Gasteiger partial charge in [-0.15, -0.1) is 0 Å². The summed E-state index contributed by atoms with van der Waals surface area (Å²) in [5.74, 6) is 0.570. The highest BCUT2D eigenvalue weighted by atomic mass is 32.2. The van der Waals surface area contributed by atoms with Crippen LogP contribution in [-0.2, 0) is 94.9 Å². The maximum atomic E-state index is 12.3. The number of carbonyl (C=O) groups excluding carboxylic acids is 2. The number of hydrogen-bond acceptors (Lipinski definition) is 27. The summed E-state index contributed by atoms with van der Waals surface area (Å²) in [6.07, 6.45) is -1.09. The number of aliphatic hydroxyl groups is 5. The molecule has 5 N–H and O–H groups in total. The predicted molar refractivity (Wildman–Crippen MR) is 354 cm³/mol. The lowest BCUT2D eigenvalue weighted by molar-refractivity contribution is -0.278. The standard InChI is InChI=1S/C40H76N2O15S2.C24H50O10/c1-8-11-45-14-15-46-16-17-47-18-19-48-20-21-49-22-23-50-24-25-53-36(32-58-26-9-12-51-34-28-54-39(2,55-29-34)37(43)41(4)5)33-59-27-10-13-52-35-30-56-40(3,57-31-35)38(44)42(6)7;1-6-18(26)11-30-15-22(32-10-17(5)25)24(34-14-21(29)9-4)23(33-13-20(28)8-3)16-31-12-19(27)7-2/h34-36H,8-33H2,1-7H3;17-29H,6-16H2,1-5H3. The molecule has 2 heterocycles. The van der Waals surface area contributed by atoms with Crippen LogP contribution in [-0.4, -0.2) is 349 Å². The van der Waals surface area contributed by atoms with E-state index in [1.54, 1.807) is 49.0 Å². The van der Waals surface area contributed by atoms with Crippen molar-refractivity contribution in [2.45, 2.75) is 179 Å². The van der Waals surface area contributed by atoms with Crippen LogP contribution in [0.25, 0.3) is 0 Å². The number of ether oxygens (including phenoxy) is 18. The average Bonchev–Trinajstić information content (AvgIpc) is 0.886. The van der Waals surface area contributed by atoms with Crippen molar-refractivity contribution in [2.24, 2.45) is 0 Å². The number of amides is 2. The van der Waals surface area contributed by atoms with Gasteiger partial charge in [0.15, 0.2) is 0 Å². The molecule has 29 heteroatoms. The molecule has 8 atom stereocenters. The van der Waals surface area contributed by atoms with Gasteiger partial charge in [-0.05, 0) is 77.2 Å². The molecular weight excluding hydrogens is 1260 g/mol. The Bertz CT molecular complexity index is 1670. The number of likely N-dealkylation sites (N-methyl/N-ethyl adjacent to an activating group) is 2. The molecule has 93 heavy (non-hydrogen) atoms. The van der Waals surface area contributed by atoms with Crippen LogP contribution in [0.3, 0.4) is 0 Å². The second-order valence-corrected chi connectivity index (χ2v) is 25.6. The summed E-state index contributed by atoms with van der Waals surface area (Å²) in [5.41, 5.74) is 0. The summed E-state index contributed by atoms with van der Waals surface area (Å²) < 4.78 is 104. The molecule has 8 unspecified atom stereocenters. The molecule has 2 amide bonds. The smallest absolute Gasteiger partial charge is 0.282 e.